The Morgan fingerprint density at radius 3 is 2.72 bits per heavy atom. The highest BCUT2D eigenvalue weighted by atomic mass is 79.9. The van der Waals surface area contributed by atoms with Gasteiger partial charge in [-0.2, -0.15) is 0 Å². The van der Waals surface area contributed by atoms with Crippen LogP contribution in [0.3, 0.4) is 0 Å². The van der Waals surface area contributed by atoms with Gasteiger partial charge in [0.15, 0.2) is 0 Å². The third-order valence-electron chi connectivity index (χ3n) is 4.21. The second-order valence-corrected chi connectivity index (χ2v) is 6.66. The lowest BCUT2D eigenvalue weighted by atomic mass is 9.64. The summed E-state index contributed by atoms with van der Waals surface area (Å²) in [6.45, 7) is 7.56. The van der Waals surface area contributed by atoms with Gasteiger partial charge in [0.1, 0.15) is 0 Å². The van der Waals surface area contributed by atoms with Gasteiger partial charge < -0.3 is 10.1 Å². The van der Waals surface area contributed by atoms with Crippen LogP contribution in [-0.4, -0.2) is 19.3 Å². The number of hydrogen-bond donors (Lipinski definition) is 1. The summed E-state index contributed by atoms with van der Waals surface area (Å²) < 4.78 is 6.66. The molecule has 18 heavy (non-hydrogen) atoms. The van der Waals surface area contributed by atoms with E-state index in [0.29, 0.717) is 12.1 Å². The van der Waals surface area contributed by atoms with Crippen LogP contribution in [-0.2, 0) is 11.3 Å². The Bertz CT molecular complexity index is 431. The van der Waals surface area contributed by atoms with Crippen molar-refractivity contribution in [2.75, 3.05) is 7.11 Å². The molecule has 0 spiro atoms. The molecule has 0 aromatic heterocycles. The average molecular weight is 312 g/mol. The zero-order valence-electron chi connectivity index (χ0n) is 11.6. The van der Waals surface area contributed by atoms with E-state index in [1.165, 1.54) is 15.6 Å². The summed E-state index contributed by atoms with van der Waals surface area (Å²) in [5.41, 5.74) is 2.83. The van der Waals surface area contributed by atoms with Gasteiger partial charge in [0.25, 0.3) is 0 Å². The monoisotopic (exact) mass is 311 g/mol. The van der Waals surface area contributed by atoms with Crippen molar-refractivity contribution in [1.29, 1.82) is 0 Å². The van der Waals surface area contributed by atoms with Crippen molar-refractivity contribution < 1.29 is 4.74 Å². The Hall–Kier alpha value is -0.380. The Balaban J connectivity index is 1.93. The summed E-state index contributed by atoms with van der Waals surface area (Å²) in [7, 11) is 1.80. The summed E-state index contributed by atoms with van der Waals surface area (Å²) in [5.74, 6) is 0. The molecule has 1 aromatic carbocycles. The molecule has 1 fully saturated rings. The van der Waals surface area contributed by atoms with Gasteiger partial charge in [0.2, 0.25) is 0 Å². The second-order valence-electron chi connectivity index (χ2n) is 5.81. The highest BCUT2D eigenvalue weighted by Gasteiger charge is 2.48. The molecule has 3 heteroatoms. The van der Waals surface area contributed by atoms with E-state index < -0.39 is 0 Å². The van der Waals surface area contributed by atoms with Crippen LogP contribution in [0.2, 0.25) is 0 Å². The van der Waals surface area contributed by atoms with Gasteiger partial charge in [-0.15, -0.1) is 0 Å². The molecule has 1 aliphatic carbocycles. The van der Waals surface area contributed by atoms with E-state index in [0.717, 1.165) is 13.0 Å². The molecule has 2 atom stereocenters. The van der Waals surface area contributed by atoms with E-state index in [-0.39, 0.29) is 5.41 Å². The normalized spacial score (nSPS) is 25.8. The molecule has 1 N–H and O–H groups in total. The Labute approximate surface area is 118 Å². The van der Waals surface area contributed by atoms with E-state index in [1.807, 2.05) is 0 Å². The summed E-state index contributed by atoms with van der Waals surface area (Å²) in [6, 6.07) is 7.05. The van der Waals surface area contributed by atoms with E-state index in [9.17, 15) is 0 Å². The topological polar surface area (TPSA) is 21.3 Å². The smallest absolute Gasteiger partial charge is 0.0652 e. The number of aryl methyl sites for hydroxylation is 1. The molecule has 1 aromatic rings. The molecule has 1 aliphatic rings. The van der Waals surface area contributed by atoms with Crippen molar-refractivity contribution in [3.63, 3.8) is 0 Å². The number of nitrogens with one attached hydrogen (secondary N) is 1. The molecule has 0 amide bonds. The maximum Gasteiger partial charge on any atom is 0.0652 e. The number of hydrogen-bond acceptors (Lipinski definition) is 2. The van der Waals surface area contributed by atoms with Crippen LogP contribution < -0.4 is 5.32 Å². The lowest BCUT2D eigenvalue weighted by Gasteiger charge is -2.51. The van der Waals surface area contributed by atoms with Gasteiger partial charge >= 0.3 is 0 Å². The van der Waals surface area contributed by atoms with Gasteiger partial charge in [-0.1, -0.05) is 41.9 Å². The largest absolute Gasteiger partial charge is 0.381 e. The van der Waals surface area contributed by atoms with Gasteiger partial charge in [-0.3, -0.25) is 0 Å². The first-order valence-corrected chi connectivity index (χ1v) is 7.25. The van der Waals surface area contributed by atoms with Crippen LogP contribution in [0.25, 0.3) is 0 Å². The molecule has 2 rings (SSSR count). The fourth-order valence-corrected chi connectivity index (χ4v) is 3.29. The minimum absolute atomic E-state index is 0.228. The maximum atomic E-state index is 5.47. The zero-order chi connectivity index (χ0) is 13.3. The number of halogens is 1. The summed E-state index contributed by atoms with van der Waals surface area (Å²) in [6.07, 6.45) is 1.49. The SMILES string of the molecule is COC1CC(NCc2ccc(C)cc2Br)C1(C)C. The number of benzene rings is 1. The van der Waals surface area contributed by atoms with Crippen LogP contribution in [0.5, 0.6) is 0 Å². The third-order valence-corrected chi connectivity index (χ3v) is 4.95. The minimum Gasteiger partial charge on any atom is -0.381 e. The molecule has 100 valence electrons. The molecule has 1 saturated carbocycles. The summed E-state index contributed by atoms with van der Waals surface area (Å²) in [5, 5.41) is 3.64. The molecule has 0 aliphatic heterocycles. The Morgan fingerprint density at radius 1 is 1.44 bits per heavy atom. The predicted molar refractivity (Wildman–Crippen MR) is 78.7 cm³/mol. The molecular formula is C15H22BrNO. The van der Waals surface area contributed by atoms with E-state index in [4.69, 9.17) is 4.74 Å². The van der Waals surface area contributed by atoms with Crippen LogP contribution in [0, 0.1) is 12.3 Å². The van der Waals surface area contributed by atoms with E-state index >= 15 is 0 Å². The first kappa shape index (κ1) is 14.0. The first-order chi connectivity index (χ1) is 8.45. The maximum absolute atomic E-state index is 5.47. The molecule has 0 heterocycles. The van der Waals surface area contributed by atoms with Crippen LogP contribution in [0.1, 0.15) is 31.4 Å². The van der Waals surface area contributed by atoms with E-state index in [2.05, 4.69) is 60.2 Å². The van der Waals surface area contributed by atoms with Crippen molar-refractivity contribution in [3.8, 4) is 0 Å². The second kappa shape index (κ2) is 5.32. The van der Waals surface area contributed by atoms with Crippen molar-refractivity contribution in [2.24, 2.45) is 5.41 Å². The summed E-state index contributed by atoms with van der Waals surface area (Å²) >= 11 is 3.63. The fraction of sp³-hybridized carbons (Fsp3) is 0.600. The highest BCUT2D eigenvalue weighted by molar-refractivity contribution is 9.10. The lowest BCUT2D eigenvalue weighted by Crippen LogP contribution is -2.60. The third kappa shape index (κ3) is 2.63. The number of methoxy groups -OCH3 is 1. The molecule has 2 nitrogen and oxygen atoms in total. The molecule has 0 bridgehead atoms. The van der Waals surface area contributed by atoms with Crippen LogP contribution in [0.4, 0.5) is 0 Å². The van der Waals surface area contributed by atoms with Crippen molar-refractivity contribution >= 4 is 15.9 Å². The van der Waals surface area contributed by atoms with Crippen LogP contribution >= 0.6 is 15.9 Å². The lowest BCUT2D eigenvalue weighted by molar-refractivity contribution is -0.0979. The molecule has 0 saturated heterocycles. The average Bonchev–Trinajstić information content (AvgIpc) is 2.30. The fourth-order valence-electron chi connectivity index (χ4n) is 2.66. The minimum atomic E-state index is 0.228. The standard InChI is InChI=1S/C15H22BrNO/c1-10-5-6-11(12(16)7-10)9-17-13-8-14(18-4)15(13,2)3/h5-7,13-14,17H,8-9H2,1-4H3. The van der Waals surface area contributed by atoms with Gasteiger partial charge in [0.05, 0.1) is 6.10 Å². The van der Waals surface area contributed by atoms with Crippen molar-refractivity contribution in [2.45, 2.75) is 45.9 Å². The first-order valence-electron chi connectivity index (χ1n) is 6.46. The number of rotatable bonds is 4. The highest BCUT2D eigenvalue weighted by Crippen LogP contribution is 2.42. The zero-order valence-corrected chi connectivity index (χ0v) is 13.2. The molecule has 0 radical (unpaired) electrons. The molecular weight excluding hydrogens is 290 g/mol. The Kier molecular flexibility index (Phi) is 4.15. The summed E-state index contributed by atoms with van der Waals surface area (Å²) in [4.78, 5) is 0. The van der Waals surface area contributed by atoms with E-state index in [1.54, 1.807) is 7.11 Å². The van der Waals surface area contributed by atoms with Crippen molar-refractivity contribution in [1.82, 2.24) is 5.32 Å². The van der Waals surface area contributed by atoms with Crippen LogP contribution in [0.15, 0.2) is 22.7 Å². The van der Waals surface area contributed by atoms with Crippen molar-refractivity contribution in [3.05, 3.63) is 33.8 Å². The quantitative estimate of drug-likeness (QED) is 0.916. The van der Waals surface area contributed by atoms with Gasteiger partial charge in [-0.25, -0.2) is 0 Å². The number of ether oxygens (including phenoxy) is 1. The van der Waals surface area contributed by atoms with Gasteiger partial charge in [-0.05, 0) is 30.5 Å². The molecule has 2 unspecified atom stereocenters. The Morgan fingerprint density at radius 2 is 2.17 bits per heavy atom. The van der Waals surface area contributed by atoms with Gasteiger partial charge in [0, 0.05) is 29.6 Å². The predicted octanol–water partition coefficient (Wildman–Crippen LogP) is 3.66.